The molecule has 0 atom stereocenters. The second-order valence-electron chi connectivity index (χ2n) is 5.67. The minimum absolute atomic E-state index is 0.0409. The minimum atomic E-state index is -3.94. The number of rotatable bonds is 8. The van der Waals surface area contributed by atoms with E-state index in [1.54, 1.807) is 0 Å². The van der Waals surface area contributed by atoms with Gasteiger partial charge in [-0.2, -0.15) is 4.31 Å². The third kappa shape index (κ3) is 5.89. The average Bonchev–Trinajstić information content (AvgIpc) is 2.65. The first-order valence-electron chi connectivity index (χ1n) is 8.21. The molecule has 28 heavy (non-hydrogen) atoms. The smallest absolute Gasteiger partial charge is 0.259 e. The van der Waals surface area contributed by atoms with Crippen molar-refractivity contribution in [1.82, 2.24) is 9.62 Å². The Bertz CT molecular complexity index is 896. The Morgan fingerprint density at radius 2 is 1.96 bits per heavy atom. The van der Waals surface area contributed by atoms with Crippen LogP contribution in [-0.2, 0) is 19.6 Å². The van der Waals surface area contributed by atoms with E-state index in [1.807, 2.05) is 0 Å². The van der Waals surface area contributed by atoms with Gasteiger partial charge in [-0.3, -0.25) is 9.59 Å². The van der Waals surface area contributed by atoms with Gasteiger partial charge in [0.2, 0.25) is 15.9 Å². The number of thioether (sulfide) groups is 1. The molecule has 1 aliphatic rings. The molecule has 3 N–H and O–H groups in total. The minimum Gasteiger partial charge on any atom is -0.379 e. The fourth-order valence-corrected chi connectivity index (χ4v) is 5.05. The molecule has 1 aliphatic heterocycles. The number of carbonyl (C=O) groups is 2. The van der Waals surface area contributed by atoms with E-state index in [0.717, 1.165) is 12.1 Å². The van der Waals surface area contributed by atoms with Crippen LogP contribution in [0, 0.1) is 5.82 Å². The van der Waals surface area contributed by atoms with Crippen LogP contribution < -0.4 is 11.1 Å². The molecule has 152 valence electrons. The summed E-state index contributed by atoms with van der Waals surface area (Å²) < 4.78 is 45.6. The predicted molar refractivity (Wildman–Crippen MR) is 104 cm³/mol. The number of nitrogens with two attached hydrogens (primary N) is 1. The monoisotopic (exact) mass is 429 g/mol. The highest BCUT2D eigenvalue weighted by Gasteiger charge is 2.29. The van der Waals surface area contributed by atoms with Gasteiger partial charge in [-0.15, -0.1) is 0 Å². The largest absolute Gasteiger partial charge is 0.379 e. The van der Waals surface area contributed by atoms with Gasteiger partial charge in [0, 0.05) is 19.5 Å². The van der Waals surface area contributed by atoms with Crippen LogP contribution in [0.4, 0.5) is 4.39 Å². The first-order valence-corrected chi connectivity index (χ1v) is 10.5. The number of primary amides is 1. The summed E-state index contributed by atoms with van der Waals surface area (Å²) in [5, 5.41) is 2.31. The molecule has 0 aliphatic carbocycles. The van der Waals surface area contributed by atoms with Crippen molar-refractivity contribution in [3.63, 3.8) is 0 Å². The van der Waals surface area contributed by atoms with Gasteiger partial charge in [0.15, 0.2) is 0 Å². The zero-order chi connectivity index (χ0) is 20.7. The van der Waals surface area contributed by atoms with Crippen molar-refractivity contribution in [3.8, 4) is 0 Å². The van der Waals surface area contributed by atoms with Gasteiger partial charge in [-0.25, -0.2) is 12.8 Å². The SMILES string of the molecule is C=C(NC(=O)c1ccccc1F)SC(=CCC(N)=O)S(=O)(=O)N1CCOCC1. The van der Waals surface area contributed by atoms with Gasteiger partial charge < -0.3 is 15.8 Å². The van der Waals surface area contributed by atoms with Crippen LogP contribution in [0.3, 0.4) is 0 Å². The van der Waals surface area contributed by atoms with Crippen molar-refractivity contribution in [1.29, 1.82) is 0 Å². The van der Waals surface area contributed by atoms with Crippen LogP contribution in [0.5, 0.6) is 0 Å². The second kappa shape index (κ2) is 9.82. The van der Waals surface area contributed by atoms with Gasteiger partial charge in [-0.05, 0) is 18.2 Å². The molecule has 0 radical (unpaired) electrons. The topological polar surface area (TPSA) is 119 Å². The molecule has 0 saturated carbocycles. The van der Waals surface area contributed by atoms with Crippen LogP contribution in [0.2, 0.25) is 0 Å². The van der Waals surface area contributed by atoms with Gasteiger partial charge in [0.05, 0.1) is 23.8 Å². The standard InChI is InChI=1S/C17H20FN3O5S2/c1-12(20-17(23)13-4-2-3-5-14(13)18)27-16(7-6-15(19)22)28(24,25)21-8-10-26-11-9-21/h2-5,7H,1,6,8-11H2,(H2,19,22)(H,20,23). The van der Waals surface area contributed by atoms with Crippen molar-refractivity contribution in [2.45, 2.75) is 6.42 Å². The lowest BCUT2D eigenvalue weighted by Gasteiger charge is -2.27. The number of nitrogens with one attached hydrogen (secondary N) is 1. The molecule has 2 rings (SSSR count). The lowest BCUT2D eigenvalue weighted by atomic mass is 10.2. The summed E-state index contributed by atoms with van der Waals surface area (Å²) in [6.07, 6.45) is 0.860. The Kier molecular flexibility index (Phi) is 7.75. The Balaban J connectivity index is 2.16. The van der Waals surface area contributed by atoms with Crippen LogP contribution >= 0.6 is 11.8 Å². The molecule has 0 spiro atoms. The van der Waals surface area contributed by atoms with E-state index >= 15 is 0 Å². The predicted octanol–water partition coefficient (Wildman–Crippen LogP) is 1.14. The van der Waals surface area contributed by atoms with E-state index in [4.69, 9.17) is 10.5 Å². The van der Waals surface area contributed by atoms with Crippen molar-refractivity contribution < 1.29 is 27.1 Å². The molecule has 1 saturated heterocycles. The molecular weight excluding hydrogens is 409 g/mol. The lowest BCUT2D eigenvalue weighted by Crippen LogP contribution is -2.41. The van der Waals surface area contributed by atoms with E-state index in [9.17, 15) is 22.4 Å². The molecule has 1 heterocycles. The van der Waals surface area contributed by atoms with E-state index in [-0.39, 0.29) is 47.6 Å². The quantitative estimate of drug-likeness (QED) is 0.640. The molecule has 0 aromatic heterocycles. The number of sulfonamides is 1. The number of hydrogen-bond acceptors (Lipinski definition) is 6. The maximum atomic E-state index is 13.7. The number of ether oxygens (including phenoxy) is 1. The number of nitrogens with zero attached hydrogens (tertiary/aromatic N) is 1. The van der Waals surface area contributed by atoms with E-state index in [1.165, 1.54) is 22.5 Å². The van der Waals surface area contributed by atoms with Crippen molar-refractivity contribution in [3.05, 3.63) is 57.6 Å². The molecule has 2 amide bonds. The third-order valence-corrected chi connectivity index (χ3v) is 6.95. The highest BCUT2D eigenvalue weighted by molar-refractivity contribution is 8.20. The van der Waals surface area contributed by atoms with Crippen LogP contribution in [0.1, 0.15) is 16.8 Å². The molecule has 1 fully saturated rings. The number of benzene rings is 1. The van der Waals surface area contributed by atoms with Gasteiger partial charge in [0.1, 0.15) is 10.1 Å². The fourth-order valence-electron chi connectivity index (χ4n) is 2.28. The summed E-state index contributed by atoms with van der Waals surface area (Å²) in [5.74, 6) is -2.20. The number of amides is 2. The number of halogens is 1. The summed E-state index contributed by atoms with van der Waals surface area (Å²) in [7, 11) is -3.94. The molecule has 11 heteroatoms. The Morgan fingerprint density at radius 1 is 1.32 bits per heavy atom. The van der Waals surface area contributed by atoms with Crippen LogP contribution in [0.15, 0.2) is 46.2 Å². The van der Waals surface area contributed by atoms with E-state index in [0.29, 0.717) is 11.8 Å². The van der Waals surface area contributed by atoms with E-state index in [2.05, 4.69) is 11.9 Å². The molecular formula is C17H20FN3O5S2. The summed E-state index contributed by atoms with van der Waals surface area (Å²) in [5.41, 5.74) is 4.91. The van der Waals surface area contributed by atoms with Crippen molar-refractivity contribution in [2.24, 2.45) is 5.73 Å². The van der Waals surface area contributed by atoms with Gasteiger partial charge in [0.25, 0.3) is 5.91 Å². The summed E-state index contributed by atoms with van der Waals surface area (Å²) >= 11 is 0.650. The normalized spacial score (nSPS) is 15.8. The molecule has 1 aromatic carbocycles. The molecule has 1 aromatic rings. The third-order valence-electron chi connectivity index (χ3n) is 3.63. The Labute approximate surface area is 166 Å². The first kappa shape index (κ1) is 22.1. The zero-order valence-corrected chi connectivity index (χ0v) is 16.5. The van der Waals surface area contributed by atoms with E-state index < -0.39 is 27.7 Å². The maximum absolute atomic E-state index is 13.7. The maximum Gasteiger partial charge on any atom is 0.259 e. The number of hydrogen-bond donors (Lipinski definition) is 2. The zero-order valence-electron chi connectivity index (χ0n) is 14.9. The summed E-state index contributed by atoms with van der Waals surface area (Å²) in [4.78, 5) is 23.3. The average molecular weight is 429 g/mol. The molecule has 0 bridgehead atoms. The number of morpholine rings is 1. The summed E-state index contributed by atoms with van der Waals surface area (Å²) in [6.45, 7) is 4.43. The molecule has 0 unspecified atom stereocenters. The van der Waals surface area contributed by atoms with Gasteiger partial charge in [-0.1, -0.05) is 30.5 Å². The van der Waals surface area contributed by atoms with Crippen LogP contribution in [0.25, 0.3) is 0 Å². The number of carbonyl (C=O) groups excluding carboxylic acids is 2. The van der Waals surface area contributed by atoms with Crippen molar-refractivity contribution in [2.75, 3.05) is 26.3 Å². The summed E-state index contributed by atoms with van der Waals surface area (Å²) in [6, 6.07) is 5.35. The second-order valence-corrected chi connectivity index (χ2v) is 8.97. The highest BCUT2D eigenvalue weighted by atomic mass is 32.3. The fraction of sp³-hybridized carbons (Fsp3) is 0.294. The van der Waals surface area contributed by atoms with Crippen molar-refractivity contribution >= 4 is 33.6 Å². The highest BCUT2D eigenvalue weighted by Crippen LogP contribution is 2.31. The lowest BCUT2D eigenvalue weighted by molar-refractivity contribution is -0.117. The Hall–Kier alpha value is -2.21. The molecule has 8 nitrogen and oxygen atoms in total. The first-order chi connectivity index (χ1) is 13.2. The Morgan fingerprint density at radius 3 is 2.57 bits per heavy atom. The van der Waals surface area contributed by atoms with Gasteiger partial charge >= 0.3 is 0 Å². The van der Waals surface area contributed by atoms with Crippen LogP contribution in [-0.4, -0.2) is 50.8 Å².